The van der Waals surface area contributed by atoms with Gasteiger partial charge in [0.15, 0.2) is 0 Å². The molecule has 0 aliphatic rings. The zero-order valence-electron chi connectivity index (χ0n) is 9.07. The van der Waals surface area contributed by atoms with Crippen LogP contribution < -0.4 is 4.72 Å². The minimum absolute atomic E-state index is 0.351. The number of thioether (sulfide) groups is 1. The van der Waals surface area contributed by atoms with Crippen molar-refractivity contribution >= 4 is 49.1 Å². The topological polar surface area (TPSA) is 46.2 Å². The molecule has 0 fully saturated rings. The molecule has 16 heavy (non-hydrogen) atoms. The van der Waals surface area contributed by atoms with Gasteiger partial charge in [0.2, 0.25) is 0 Å². The minimum Gasteiger partial charge on any atom is -0.210 e. The van der Waals surface area contributed by atoms with Gasteiger partial charge in [0, 0.05) is 16.3 Å². The maximum Gasteiger partial charge on any atom is 0.251 e. The summed E-state index contributed by atoms with van der Waals surface area (Å²) >= 11 is 6.18. The molecule has 0 aromatic carbocycles. The molecule has 1 heterocycles. The summed E-state index contributed by atoms with van der Waals surface area (Å²) in [6.45, 7) is 2.56. The number of hydrogen-bond donors (Lipinski definition) is 1. The first-order chi connectivity index (χ1) is 7.47. The van der Waals surface area contributed by atoms with E-state index >= 15 is 0 Å². The summed E-state index contributed by atoms with van der Waals surface area (Å²) in [6, 6.07) is 1.74. The van der Waals surface area contributed by atoms with E-state index in [0.717, 1.165) is 6.42 Å². The highest BCUT2D eigenvalue weighted by molar-refractivity contribution is 9.10. The highest BCUT2D eigenvalue weighted by atomic mass is 79.9. The lowest BCUT2D eigenvalue weighted by molar-refractivity contribution is 0.580. The van der Waals surface area contributed by atoms with Crippen LogP contribution in [0.15, 0.2) is 20.1 Å². The monoisotopic (exact) mass is 343 g/mol. The molecule has 1 aromatic rings. The van der Waals surface area contributed by atoms with E-state index in [9.17, 15) is 8.42 Å². The fourth-order valence-electron chi connectivity index (χ4n) is 1.05. The van der Waals surface area contributed by atoms with Gasteiger partial charge in [0.05, 0.1) is 0 Å². The highest BCUT2D eigenvalue weighted by Gasteiger charge is 2.18. The van der Waals surface area contributed by atoms with Gasteiger partial charge in [-0.2, -0.15) is 11.8 Å². The van der Waals surface area contributed by atoms with Gasteiger partial charge in [-0.3, -0.25) is 0 Å². The van der Waals surface area contributed by atoms with Gasteiger partial charge in [0.25, 0.3) is 10.0 Å². The Morgan fingerprint density at radius 1 is 1.62 bits per heavy atom. The van der Waals surface area contributed by atoms with E-state index in [1.807, 2.05) is 6.26 Å². The first-order valence-corrected chi connectivity index (χ1v) is 9.17. The Morgan fingerprint density at radius 3 is 2.81 bits per heavy atom. The SMILES string of the molecule is CSC(C)CCNS(=O)(=O)c1sccc1Br. The summed E-state index contributed by atoms with van der Waals surface area (Å²) in [6.07, 6.45) is 2.86. The van der Waals surface area contributed by atoms with Crippen LogP contribution in [0.25, 0.3) is 0 Å². The molecular formula is C9H14BrNO2S3. The Kier molecular flexibility index (Phi) is 5.79. The molecule has 0 radical (unpaired) electrons. The van der Waals surface area contributed by atoms with Crippen molar-refractivity contribution in [3.8, 4) is 0 Å². The van der Waals surface area contributed by atoms with Crippen molar-refractivity contribution in [1.29, 1.82) is 0 Å². The van der Waals surface area contributed by atoms with Crippen molar-refractivity contribution in [3.05, 3.63) is 15.9 Å². The van der Waals surface area contributed by atoms with E-state index in [4.69, 9.17) is 0 Å². The first kappa shape index (κ1) is 14.5. The van der Waals surface area contributed by atoms with Gasteiger partial charge in [-0.15, -0.1) is 11.3 Å². The Bertz CT molecular complexity index is 430. The Balaban J connectivity index is 2.57. The summed E-state index contributed by atoms with van der Waals surface area (Å²) in [4.78, 5) is 0. The Labute approximate surface area is 113 Å². The van der Waals surface area contributed by atoms with E-state index in [2.05, 4.69) is 27.6 Å². The van der Waals surface area contributed by atoms with E-state index < -0.39 is 10.0 Å². The summed E-state index contributed by atoms with van der Waals surface area (Å²) in [5.41, 5.74) is 0. The predicted octanol–water partition coefficient (Wildman–Crippen LogP) is 2.93. The number of nitrogens with one attached hydrogen (secondary N) is 1. The molecular weight excluding hydrogens is 330 g/mol. The molecule has 1 N–H and O–H groups in total. The van der Waals surface area contributed by atoms with Crippen molar-refractivity contribution in [2.75, 3.05) is 12.8 Å². The Hall–Kier alpha value is 0.440. The maximum absolute atomic E-state index is 11.8. The molecule has 0 spiro atoms. The molecule has 1 aromatic heterocycles. The average molecular weight is 344 g/mol. The molecule has 0 aliphatic heterocycles. The largest absolute Gasteiger partial charge is 0.251 e. The third-order valence-electron chi connectivity index (χ3n) is 2.07. The van der Waals surface area contributed by atoms with E-state index in [1.165, 1.54) is 11.3 Å². The molecule has 1 unspecified atom stereocenters. The standard InChI is InChI=1S/C9H14BrNO2S3/c1-7(14-2)3-5-11-16(12,13)9-8(10)4-6-15-9/h4,6-7,11H,3,5H2,1-2H3. The summed E-state index contributed by atoms with van der Waals surface area (Å²) in [5, 5.41) is 2.22. The van der Waals surface area contributed by atoms with Crippen LogP contribution in [0.4, 0.5) is 0 Å². The average Bonchev–Trinajstić information content (AvgIpc) is 2.64. The van der Waals surface area contributed by atoms with Crippen LogP contribution >= 0.6 is 39.0 Å². The predicted molar refractivity (Wildman–Crippen MR) is 74.8 cm³/mol. The quantitative estimate of drug-likeness (QED) is 0.863. The van der Waals surface area contributed by atoms with Gasteiger partial charge < -0.3 is 0 Å². The summed E-state index contributed by atoms with van der Waals surface area (Å²) in [7, 11) is -3.34. The van der Waals surface area contributed by atoms with E-state index in [-0.39, 0.29) is 0 Å². The normalized spacial score (nSPS) is 13.9. The van der Waals surface area contributed by atoms with Crippen molar-refractivity contribution in [2.45, 2.75) is 22.8 Å². The summed E-state index contributed by atoms with van der Waals surface area (Å²) in [5.74, 6) is 0. The number of rotatable bonds is 6. The lowest BCUT2D eigenvalue weighted by atomic mass is 10.3. The third kappa shape index (κ3) is 4.03. The Morgan fingerprint density at radius 2 is 2.31 bits per heavy atom. The van der Waals surface area contributed by atoms with Gasteiger partial charge in [-0.25, -0.2) is 13.1 Å². The fourth-order valence-corrected chi connectivity index (χ4v) is 4.83. The van der Waals surface area contributed by atoms with Crippen molar-refractivity contribution in [3.63, 3.8) is 0 Å². The van der Waals surface area contributed by atoms with Crippen molar-refractivity contribution in [2.24, 2.45) is 0 Å². The van der Waals surface area contributed by atoms with E-state index in [0.29, 0.717) is 20.5 Å². The molecule has 3 nitrogen and oxygen atoms in total. The number of halogens is 1. The fraction of sp³-hybridized carbons (Fsp3) is 0.556. The number of sulfonamides is 1. The zero-order chi connectivity index (χ0) is 12.2. The molecule has 1 rings (SSSR count). The van der Waals surface area contributed by atoms with Crippen LogP contribution in [-0.2, 0) is 10.0 Å². The second-order valence-electron chi connectivity index (χ2n) is 3.29. The lowest BCUT2D eigenvalue weighted by Gasteiger charge is -2.09. The van der Waals surface area contributed by atoms with Gasteiger partial charge in [-0.1, -0.05) is 6.92 Å². The van der Waals surface area contributed by atoms with Crippen LogP contribution in [0, 0.1) is 0 Å². The van der Waals surface area contributed by atoms with E-state index in [1.54, 1.807) is 23.2 Å². The molecule has 92 valence electrons. The number of thiophene rings is 1. The van der Waals surface area contributed by atoms with Gasteiger partial charge in [-0.05, 0) is 40.1 Å². The molecule has 0 amide bonds. The second-order valence-corrected chi connectivity index (χ2v) is 8.30. The third-order valence-corrected chi connectivity index (χ3v) is 7.25. The maximum atomic E-state index is 11.8. The molecule has 0 saturated heterocycles. The summed E-state index contributed by atoms with van der Waals surface area (Å²) < 4.78 is 27.3. The van der Waals surface area contributed by atoms with Crippen molar-refractivity contribution < 1.29 is 8.42 Å². The van der Waals surface area contributed by atoms with Crippen LogP contribution in [0.5, 0.6) is 0 Å². The van der Waals surface area contributed by atoms with Crippen LogP contribution in [0.2, 0.25) is 0 Å². The van der Waals surface area contributed by atoms with Gasteiger partial charge >= 0.3 is 0 Å². The lowest BCUT2D eigenvalue weighted by Crippen LogP contribution is -2.25. The van der Waals surface area contributed by atoms with Gasteiger partial charge in [0.1, 0.15) is 4.21 Å². The minimum atomic E-state index is -3.34. The molecule has 0 aliphatic carbocycles. The van der Waals surface area contributed by atoms with Crippen molar-refractivity contribution in [1.82, 2.24) is 4.72 Å². The van der Waals surface area contributed by atoms with Crippen LogP contribution in [0.1, 0.15) is 13.3 Å². The molecule has 7 heteroatoms. The van der Waals surface area contributed by atoms with Crippen LogP contribution in [-0.4, -0.2) is 26.5 Å². The second kappa shape index (κ2) is 6.39. The first-order valence-electron chi connectivity index (χ1n) is 4.73. The molecule has 0 bridgehead atoms. The number of hydrogen-bond acceptors (Lipinski definition) is 4. The zero-order valence-corrected chi connectivity index (χ0v) is 13.1. The highest BCUT2D eigenvalue weighted by Crippen LogP contribution is 2.27. The van der Waals surface area contributed by atoms with Crippen LogP contribution in [0.3, 0.4) is 0 Å². The molecule has 1 atom stereocenters. The molecule has 0 saturated carbocycles. The smallest absolute Gasteiger partial charge is 0.210 e.